The van der Waals surface area contributed by atoms with E-state index in [2.05, 4.69) is 29.8 Å². The fourth-order valence-corrected chi connectivity index (χ4v) is 0.790. The molecular formula is C10H17N3O6. The third-order valence-electron chi connectivity index (χ3n) is 1.64. The molecule has 0 aliphatic carbocycles. The maximum absolute atomic E-state index is 11.2. The second-order valence-electron chi connectivity index (χ2n) is 2.96. The van der Waals surface area contributed by atoms with E-state index in [-0.39, 0.29) is 19.0 Å². The molecule has 0 rings (SSSR count). The number of nitrogens with zero attached hydrogens (tertiary/aromatic N) is 1. The highest BCUT2D eigenvalue weighted by molar-refractivity contribution is 6.01. The minimum Gasteiger partial charge on any atom is -0.450 e. The zero-order valence-corrected chi connectivity index (χ0v) is 11.0. The van der Waals surface area contributed by atoms with Gasteiger partial charge in [0, 0.05) is 13.5 Å². The van der Waals surface area contributed by atoms with Crippen LogP contribution >= 0.6 is 0 Å². The molecule has 0 aliphatic rings. The van der Waals surface area contributed by atoms with Gasteiger partial charge in [0.25, 0.3) is 0 Å². The van der Waals surface area contributed by atoms with Crippen LogP contribution in [0.15, 0.2) is 4.99 Å². The highest BCUT2D eigenvalue weighted by Gasteiger charge is 2.11. The van der Waals surface area contributed by atoms with Crippen molar-refractivity contribution in [1.82, 2.24) is 10.6 Å². The standard InChI is InChI=1S/C10H17N3O6/c1-4-7(14)18-6-19-10(16)13-8(11-3)12-9(15)17-5-2/h4-6H2,1-3H3,(H2,11,12,13,15,16). The number of hydrogen-bond donors (Lipinski definition) is 2. The van der Waals surface area contributed by atoms with Gasteiger partial charge in [-0.2, -0.15) is 0 Å². The van der Waals surface area contributed by atoms with Gasteiger partial charge in [0.15, 0.2) is 0 Å². The average Bonchev–Trinajstić information content (AvgIpc) is 2.37. The number of carbonyl (C=O) groups excluding carboxylic acids is 3. The van der Waals surface area contributed by atoms with Crippen LogP contribution in [0.25, 0.3) is 0 Å². The Morgan fingerprint density at radius 3 is 2.05 bits per heavy atom. The molecule has 9 heteroatoms. The summed E-state index contributed by atoms with van der Waals surface area (Å²) in [5.41, 5.74) is 0. The van der Waals surface area contributed by atoms with Gasteiger partial charge in [-0.05, 0) is 6.92 Å². The Kier molecular flexibility index (Phi) is 8.50. The van der Waals surface area contributed by atoms with Crippen LogP contribution in [0.3, 0.4) is 0 Å². The molecule has 2 N–H and O–H groups in total. The van der Waals surface area contributed by atoms with Gasteiger partial charge in [-0.1, -0.05) is 6.92 Å². The van der Waals surface area contributed by atoms with Crippen LogP contribution in [0.5, 0.6) is 0 Å². The van der Waals surface area contributed by atoms with Crippen molar-refractivity contribution < 1.29 is 28.6 Å². The van der Waals surface area contributed by atoms with Crippen molar-refractivity contribution in [2.24, 2.45) is 4.99 Å². The summed E-state index contributed by atoms with van der Waals surface area (Å²) in [4.78, 5) is 36.6. The first-order valence-electron chi connectivity index (χ1n) is 5.53. The summed E-state index contributed by atoms with van der Waals surface area (Å²) in [6.07, 6.45) is -1.51. The summed E-state index contributed by atoms with van der Waals surface area (Å²) in [5, 5.41) is 4.31. The zero-order chi connectivity index (χ0) is 14.7. The fraction of sp³-hybridized carbons (Fsp3) is 0.600. The normalized spacial score (nSPS) is 10.4. The highest BCUT2D eigenvalue weighted by atomic mass is 16.7. The van der Waals surface area contributed by atoms with Crippen molar-refractivity contribution in [3.8, 4) is 0 Å². The second kappa shape index (κ2) is 9.68. The molecule has 0 atom stereocenters. The molecule has 0 aliphatic heterocycles. The smallest absolute Gasteiger partial charge is 0.416 e. The lowest BCUT2D eigenvalue weighted by atomic mass is 10.5. The number of rotatable bonds is 4. The Labute approximate surface area is 110 Å². The number of amides is 2. The van der Waals surface area contributed by atoms with Gasteiger partial charge in [0.05, 0.1) is 6.61 Å². The molecule has 0 saturated carbocycles. The average molecular weight is 275 g/mol. The van der Waals surface area contributed by atoms with Gasteiger partial charge in [-0.25, -0.2) is 9.59 Å². The van der Waals surface area contributed by atoms with Crippen LogP contribution in [-0.4, -0.2) is 44.6 Å². The van der Waals surface area contributed by atoms with Gasteiger partial charge in [0.1, 0.15) is 0 Å². The van der Waals surface area contributed by atoms with Crippen molar-refractivity contribution in [3.05, 3.63) is 0 Å². The van der Waals surface area contributed by atoms with Crippen molar-refractivity contribution in [2.75, 3.05) is 20.4 Å². The Morgan fingerprint density at radius 2 is 1.58 bits per heavy atom. The lowest BCUT2D eigenvalue weighted by molar-refractivity contribution is -0.151. The van der Waals surface area contributed by atoms with Crippen molar-refractivity contribution in [1.29, 1.82) is 0 Å². The van der Waals surface area contributed by atoms with Gasteiger partial charge < -0.3 is 14.2 Å². The monoisotopic (exact) mass is 275 g/mol. The van der Waals surface area contributed by atoms with E-state index >= 15 is 0 Å². The van der Waals surface area contributed by atoms with E-state index < -0.39 is 24.9 Å². The van der Waals surface area contributed by atoms with E-state index in [0.29, 0.717) is 0 Å². The SMILES string of the molecule is CCOC(=O)NC(=NC)NC(=O)OCOC(=O)CC. The molecule has 108 valence electrons. The molecule has 2 amide bonds. The molecule has 0 radical (unpaired) electrons. The molecule has 0 bridgehead atoms. The first-order chi connectivity index (χ1) is 9.03. The van der Waals surface area contributed by atoms with Gasteiger partial charge in [-0.15, -0.1) is 0 Å². The van der Waals surface area contributed by atoms with Gasteiger partial charge in [0.2, 0.25) is 12.8 Å². The molecule has 19 heavy (non-hydrogen) atoms. The zero-order valence-electron chi connectivity index (χ0n) is 11.0. The molecule has 0 heterocycles. The summed E-state index contributed by atoms with van der Waals surface area (Å²) in [5.74, 6) is -0.646. The fourth-order valence-electron chi connectivity index (χ4n) is 0.790. The van der Waals surface area contributed by atoms with Gasteiger partial charge >= 0.3 is 18.2 Å². The van der Waals surface area contributed by atoms with Crippen molar-refractivity contribution in [2.45, 2.75) is 20.3 Å². The van der Waals surface area contributed by atoms with Crippen molar-refractivity contribution >= 4 is 24.1 Å². The third-order valence-corrected chi connectivity index (χ3v) is 1.64. The van der Waals surface area contributed by atoms with Crippen LogP contribution in [0.4, 0.5) is 9.59 Å². The predicted molar refractivity (Wildman–Crippen MR) is 64.4 cm³/mol. The molecule has 0 aromatic carbocycles. The quantitative estimate of drug-likeness (QED) is 0.331. The topological polar surface area (TPSA) is 115 Å². The first kappa shape index (κ1) is 16.7. The molecular weight excluding hydrogens is 258 g/mol. The maximum atomic E-state index is 11.2. The van der Waals surface area contributed by atoms with Crippen LogP contribution in [0, 0.1) is 0 Å². The summed E-state index contributed by atoms with van der Waals surface area (Å²) in [7, 11) is 1.35. The van der Waals surface area contributed by atoms with Gasteiger partial charge in [-0.3, -0.25) is 20.4 Å². The van der Waals surface area contributed by atoms with E-state index in [4.69, 9.17) is 0 Å². The predicted octanol–water partition coefficient (Wildman–Crippen LogP) is 0.355. The first-order valence-corrected chi connectivity index (χ1v) is 5.53. The molecule has 0 spiro atoms. The van der Waals surface area contributed by atoms with E-state index in [1.54, 1.807) is 13.8 Å². The minimum atomic E-state index is -0.929. The Morgan fingerprint density at radius 1 is 1.00 bits per heavy atom. The van der Waals surface area contributed by atoms with E-state index in [1.165, 1.54) is 7.05 Å². The van der Waals surface area contributed by atoms with Crippen LogP contribution in [0.2, 0.25) is 0 Å². The lowest BCUT2D eigenvalue weighted by Gasteiger charge is -2.10. The van der Waals surface area contributed by atoms with E-state index in [0.717, 1.165) is 0 Å². The number of carbonyl (C=O) groups is 3. The summed E-state index contributed by atoms with van der Waals surface area (Å²) in [6, 6.07) is 0. The van der Waals surface area contributed by atoms with Crippen LogP contribution in [0.1, 0.15) is 20.3 Å². The Bertz CT molecular complexity index is 355. The van der Waals surface area contributed by atoms with Crippen LogP contribution in [-0.2, 0) is 19.0 Å². The van der Waals surface area contributed by atoms with Crippen LogP contribution < -0.4 is 10.6 Å². The van der Waals surface area contributed by atoms with Crippen molar-refractivity contribution in [3.63, 3.8) is 0 Å². The molecule has 0 unspecified atom stereocenters. The number of nitrogens with one attached hydrogen (secondary N) is 2. The summed E-state index contributed by atoms with van der Waals surface area (Å²) < 4.78 is 13.6. The number of esters is 1. The molecule has 9 nitrogen and oxygen atoms in total. The molecule has 0 aromatic rings. The lowest BCUT2D eigenvalue weighted by Crippen LogP contribution is -2.44. The number of alkyl carbamates (subject to hydrolysis) is 2. The molecule has 0 fully saturated rings. The Hall–Kier alpha value is -2.32. The van der Waals surface area contributed by atoms with E-state index in [9.17, 15) is 14.4 Å². The second-order valence-corrected chi connectivity index (χ2v) is 2.96. The highest BCUT2D eigenvalue weighted by Crippen LogP contribution is 1.86. The van der Waals surface area contributed by atoms with E-state index in [1.807, 2.05) is 0 Å². The summed E-state index contributed by atoms with van der Waals surface area (Å²) >= 11 is 0. The number of guanidine groups is 1. The number of aliphatic imine (C=N–C) groups is 1. The number of ether oxygens (including phenoxy) is 3. The summed E-state index contributed by atoms with van der Waals surface area (Å²) in [6.45, 7) is 2.90. The number of hydrogen-bond acceptors (Lipinski definition) is 7. The Balaban J connectivity index is 4.01. The molecule has 0 saturated heterocycles. The minimum absolute atomic E-state index is 0.148. The largest absolute Gasteiger partial charge is 0.450 e. The third kappa shape index (κ3) is 8.41. The maximum Gasteiger partial charge on any atom is 0.416 e. The molecule has 0 aromatic heterocycles.